The van der Waals surface area contributed by atoms with Gasteiger partial charge in [0, 0.05) is 32.4 Å². The van der Waals surface area contributed by atoms with Gasteiger partial charge in [0.25, 0.3) is 5.91 Å². The van der Waals surface area contributed by atoms with Gasteiger partial charge in [-0.15, -0.1) is 0 Å². The molecule has 0 atom stereocenters. The van der Waals surface area contributed by atoms with Crippen molar-refractivity contribution in [2.24, 2.45) is 0 Å². The molecular weight excluding hydrogens is 410 g/mol. The molecule has 1 fully saturated rings. The van der Waals surface area contributed by atoms with Crippen molar-refractivity contribution in [3.05, 3.63) is 52.4 Å². The number of hydrogen-bond donors (Lipinski definition) is 1. The van der Waals surface area contributed by atoms with Crippen LogP contribution >= 0.6 is 15.9 Å². The molecular formula is C20H24BrN3O3. The highest BCUT2D eigenvalue weighted by Gasteiger charge is 2.15. The molecule has 1 aromatic heterocycles. The maximum Gasteiger partial charge on any atom is 0.287 e. The second kappa shape index (κ2) is 9.08. The number of halogens is 1. The fourth-order valence-corrected chi connectivity index (χ4v) is 3.45. The van der Waals surface area contributed by atoms with Crippen molar-refractivity contribution in [1.29, 1.82) is 0 Å². The lowest BCUT2D eigenvalue weighted by molar-refractivity contribution is -0.129. The molecule has 1 aliphatic heterocycles. The number of hydrogen-bond acceptors (Lipinski definition) is 4. The number of rotatable bonds is 6. The van der Waals surface area contributed by atoms with Gasteiger partial charge in [0.15, 0.2) is 10.4 Å². The van der Waals surface area contributed by atoms with Crippen molar-refractivity contribution in [1.82, 2.24) is 10.2 Å². The van der Waals surface area contributed by atoms with Gasteiger partial charge in [-0.1, -0.05) is 12.1 Å². The average Bonchev–Trinajstić information content (AvgIpc) is 3.13. The lowest BCUT2D eigenvalue weighted by atomic mass is 10.1. The van der Waals surface area contributed by atoms with Crippen LogP contribution in [0.3, 0.4) is 0 Å². The Morgan fingerprint density at radius 2 is 1.81 bits per heavy atom. The van der Waals surface area contributed by atoms with Crippen molar-refractivity contribution in [3.63, 3.8) is 0 Å². The number of furan rings is 1. The first-order valence-corrected chi connectivity index (χ1v) is 9.93. The quantitative estimate of drug-likeness (QED) is 0.757. The second-order valence-electron chi connectivity index (χ2n) is 6.75. The minimum atomic E-state index is -0.409. The summed E-state index contributed by atoms with van der Waals surface area (Å²) in [4.78, 5) is 28.2. The summed E-state index contributed by atoms with van der Waals surface area (Å²) < 4.78 is 5.65. The van der Waals surface area contributed by atoms with Crippen molar-refractivity contribution in [3.8, 4) is 0 Å². The predicted molar refractivity (Wildman–Crippen MR) is 108 cm³/mol. The number of amides is 2. The van der Waals surface area contributed by atoms with Gasteiger partial charge in [0.1, 0.15) is 0 Å². The van der Waals surface area contributed by atoms with Gasteiger partial charge >= 0.3 is 0 Å². The molecule has 0 saturated carbocycles. The molecule has 0 spiro atoms. The topological polar surface area (TPSA) is 65.8 Å². The zero-order valence-corrected chi connectivity index (χ0v) is 17.0. The van der Waals surface area contributed by atoms with Crippen LogP contribution in [-0.2, 0) is 11.3 Å². The van der Waals surface area contributed by atoms with Gasteiger partial charge in [-0.25, -0.2) is 0 Å². The summed E-state index contributed by atoms with van der Waals surface area (Å²) in [6, 6.07) is 11.6. The SMILES string of the molecule is CN(Cc1ccc(N2CCCCC2)cc1)C(=O)CNC(=O)c1ccc(Br)o1. The zero-order valence-electron chi connectivity index (χ0n) is 15.4. The van der Waals surface area contributed by atoms with Crippen LogP contribution in [0.25, 0.3) is 0 Å². The third-order valence-electron chi connectivity index (χ3n) is 4.70. The Kier molecular flexibility index (Phi) is 6.55. The van der Waals surface area contributed by atoms with Crippen molar-refractivity contribution >= 4 is 33.4 Å². The van der Waals surface area contributed by atoms with E-state index in [1.807, 2.05) is 0 Å². The first-order valence-electron chi connectivity index (χ1n) is 9.14. The summed E-state index contributed by atoms with van der Waals surface area (Å²) in [5, 5.41) is 2.58. The molecule has 27 heavy (non-hydrogen) atoms. The van der Waals surface area contributed by atoms with Gasteiger partial charge in [-0.3, -0.25) is 9.59 Å². The molecule has 7 heteroatoms. The van der Waals surface area contributed by atoms with Crippen LogP contribution in [0.1, 0.15) is 35.4 Å². The number of carbonyl (C=O) groups is 2. The summed E-state index contributed by atoms with van der Waals surface area (Å²) in [5.74, 6) is -0.395. The molecule has 144 valence electrons. The van der Waals surface area contributed by atoms with Crippen LogP contribution in [0.2, 0.25) is 0 Å². The van der Waals surface area contributed by atoms with Crippen LogP contribution in [0, 0.1) is 0 Å². The molecule has 0 unspecified atom stereocenters. The fourth-order valence-electron chi connectivity index (χ4n) is 3.14. The Morgan fingerprint density at radius 3 is 2.44 bits per heavy atom. The standard InChI is InChI=1S/C20H24BrN3O3/c1-23(19(25)13-22-20(26)17-9-10-18(21)27-17)14-15-5-7-16(8-6-15)24-11-3-2-4-12-24/h5-10H,2-4,11-14H2,1H3,(H,22,26). The van der Waals surface area contributed by atoms with Crippen molar-refractivity contribution < 1.29 is 14.0 Å². The summed E-state index contributed by atoms with van der Waals surface area (Å²) in [6.45, 7) is 2.66. The van der Waals surface area contributed by atoms with E-state index in [4.69, 9.17) is 4.42 Å². The molecule has 0 bridgehead atoms. The Hall–Kier alpha value is -2.28. The zero-order chi connectivity index (χ0) is 19.2. The monoisotopic (exact) mass is 433 g/mol. The highest BCUT2D eigenvalue weighted by atomic mass is 79.9. The summed E-state index contributed by atoms with van der Waals surface area (Å²) in [6.07, 6.45) is 3.81. The minimum Gasteiger partial charge on any atom is -0.444 e. The maximum atomic E-state index is 12.3. The third kappa shape index (κ3) is 5.35. The van der Waals surface area contributed by atoms with Crippen LogP contribution in [0.4, 0.5) is 5.69 Å². The predicted octanol–water partition coefficient (Wildman–Crippen LogP) is 3.42. The first-order chi connectivity index (χ1) is 13.0. The van der Waals surface area contributed by atoms with Crippen molar-refractivity contribution in [2.75, 3.05) is 31.6 Å². The molecule has 1 aliphatic rings. The van der Waals surface area contributed by atoms with E-state index in [1.54, 1.807) is 24.1 Å². The number of carbonyl (C=O) groups excluding carboxylic acids is 2. The Labute approximate surface area is 167 Å². The van der Waals surface area contributed by atoms with Crippen molar-refractivity contribution in [2.45, 2.75) is 25.8 Å². The number of nitrogens with zero attached hydrogens (tertiary/aromatic N) is 2. The molecule has 2 aromatic rings. The van der Waals surface area contributed by atoms with Gasteiger partial charge < -0.3 is 19.5 Å². The normalized spacial score (nSPS) is 14.1. The molecule has 2 heterocycles. The van der Waals surface area contributed by atoms with E-state index in [9.17, 15) is 9.59 Å². The Morgan fingerprint density at radius 1 is 1.11 bits per heavy atom. The lowest BCUT2D eigenvalue weighted by Crippen LogP contribution is -2.37. The smallest absolute Gasteiger partial charge is 0.287 e. The number of piperidine rings is 1. The summed E-state index contributed by atoms with van der Waals surface area (Å²) >= 11 is 3.15. The van der Waals surface area contributed by atoms with E-state index in [1.165, 1.54) is 24.9 Å². The van der Waals surface area contributed by atoms with Gasteiger partial charge in [0.05, 0.1) is 6.54 Å². The van der Waals surface area contributed by atoms with Crippen LogP contribution in [0.5, 0.6) is 0 Å². The van der Waals surface area contributed by atoms with E-state index in [-0.39, 0.29) is 18.2 Å². The van der Waals surface area contributed by atoms with E-state index in [0.717, 1.165) is 18.7 Å². The second-order valence-corrected chi connectivity index (χ2v) is 7.53. The van der Waals surface area contributed by atoms with Gasteiger partial charge in [-0.05, 0) is 65.0 Å². The van der Waals surface area contributed by atoms with E-state index in [2.05, 4.69) is 50.4 Å². The molecule has 1 aromatic carbocycles. The molecule has 0 aliphatic carbocycles. The number of anilines is 1. The Balaban J connectivity index is 1.48. The lowest BCUT2D eigenvalue weighted by Gasteiger charge is -2.29. The van der Waals surface area contributed by atoms with E-state index >= 15 is 0 Å². The minimum absolute atomic E-state index is 0.0699. The average molecular weight is 434 g/mol. The largest absolute Gasteiger partial charge is 0.444 e. The maximum absolute atomic E-state index is 12.3. The summed E-state index contributed by atoms with van der Waals surface area (Å²) in [5.41, 5.74) is 2.30. The molecule has 6 nitrogen and oxygen atoms in total. The molecule has 1 N–H and O–H groups in total. The summed E-state index contributed by atoms with van der Waals surface area (Å²) in [7, 11) is 1.73. The molecule has 1 saturated heterocycles. The van der Waals surface area contributed by atoms with Gasteiger partial charge in [-0.2, -0.15) is 0 Å². The van der Waals surface area contributed by atoms with Crippen LogP contribution < -0.4 is 10.2 Å². The third-order valence-corrected chi connectivity index (χ3v) is 5.13. The number of nitrogens with one attached hydrogen (secondary N) is 1. The number of likely N-dealkylation sites (N-methyl/N-ethyl adjacent to an activating group) is 1. The fraction of sp³-hybridized carbons (Fsp3) is 0.400. The van der Waals surface area contributed by atoms with E-state index in [0.29, 0.717) is 11.2 Å². The molecule has 0 radical (unpaired) electrons. The van der Waals surface area contributed by atoms with Crippen LogP contribution in [-0.4, -0.2) is 43.4 Å². The first kappa shape index (κ1) is 19.5. The van der Waals surface area contributed by atoms with Crippen LogP contribution in [0.15, 0.2) is 45.5 Å². The molecule has 3 rings (SSSR count). The highest BCUT2D eigenvalue weighted by Crippen LogP contribution is 2.20. The molecule has 2 amide bonds. The number of benzene rings is 1. The Bertz CT molecular complexity index is 782. The van der Waals surface area contributed by atoms with E-state index < -0.39 is 5.91 Å². The highest BCUT2D eigenvalue weighted by molar-refractivity contribution is 9.10. The van der Waals surface area contributed by atoms with Gasteiger partial charge in [0.2, 0.25) is 5.91 Å².